The first kappa shape index (κ1) is 13.6. The molecule has 0 aliphatic carbocycles. The van der Waals surface area contributed by atoms with Gasteiger partial charge in [0.25, 0.3) is 0 Å². The summed E-state index contributed by atoms with van der Waals surface area (Å²) >= 11 is 0. The normalized spacial score (nSPS) is 12.6. The Morgan fingerprint density at radius 3 is 2.68 bits per heavy atom. The van der Waals surface area contributed by atoms with Gasteiger partial charge in [0.05, 0.1) is 23.6 Å². The summed E-state index contributed by atoms with van der Waals surface area (Å²) in [5.41, 5.74) is 1.87. The van der Waals surface area contributed by atoms with Crippen LogP contribution in [0.1, 0.15) is 36.6 Å². The molecule has 6 nitrogen and oxygen atoms in total. The van der Waals surface area contributed by atoms with Gasteiger partial charge in [0.2, 0.25) is 0 Å². The van der Waals surface area contributed by atoms with Gasteiger partial charge in [0, 0.05) is 19.7 Å². The standard InChI is InChI=1S/C13H20N6/c1-4-5-14-11(6-13-17-9-18-19(13)3)12-8-15-10(2)7-16-12/h7-9,11,14H,4-6H2,1-3H3. The first-order valence-electron chi connectivity index (χ1n) is 6.55. The Hall–Kier alpha value is -1.82. The molecule has 2 rings (SSSR count). The molecule has 19 heavy (non-hydrogen) atoms. The molecule has 0 aliphatic heterocycles. The zero-order valence-electron chi connectivity index (χ0n) is 11.7. The highest BCUT2D eigenvalue weighted by atomic mass is 15.3. The molecule has 0 saturated carbocycles. The third kappa shape index (κ3) is 3.57. The van der Waals surface area contributed by atoms with Crippen LogP contribution in [0.3, 0.4) is 0 Å². The van der Waals surface area contributed by atoms with E-state index in [4.69, 9.17) is 0 Å². The molecule has 0 spiro atoms. The van der Waals surface area contributed by atoms with Crippen LogP contribution in [0.4, 0.5) is 0 Å². The molecular weight excluding hydrogens is 240 g/mol. The van der Waals surface area contributed by atoms with Crippen LogP contribution in [0.25, 0.3) is 0 Å². The third-order valence-corrected chi connectivity index (χ3v) is 2.99. The Labute approximate surface area is 113 Å². The van der Waals surface area contributed by atoms with Gasteiger partial charge in [-0.25, -0.2) is 4.98 Å². The molecule has 0 aliphatic rings. The van der Waals surface area contributed by atoms with Crippen molar-refractivity contribution in [3.63, 3.8) is 0 Å². The average molecular weight is 260 g/mol. The predicted octanol–water partition coefficient (Wildman–Crippen LogP) is 1.20. The molecule has 2 heterocycles. The van der Waals surface area contributed by atoms with Gasteiger partial charge in [0.1, 0.15) is 12.2 Å². The summed E-state index contributed by atoms with van der Waals surface area (Å²) in [6, 6.07) is 0.121. The van der Waals surface area contributed by atoms with Crippen molar-refractivity contribution in [2.75, 3.05) is 6.54 Å². The maximum absolute atomic E-state index is 4.46. The largest absolute Gasteiger partial charge is 0.308 e. The van der Waals surface area contributed by atoms with E-state index in [0.29, 0.717) is 0 Å². The number of rotatable bonds is 6. The SMILES string of the molecule is CCCNC(Cc1ncnn1C)c1cnc(C)cn1. The molecule has 0 saturated heterocycles. The quantitative estimate of drug-likeness (QED) is 0.845. The Kier molecular flexibility index (Phi) is 4.57. The van der Waals surface area contributed by atoms with Gasteiger partial charge in [0.15, 0.2) is 0 Å². The summed E-state index contributed by atoms with van der Waals surface area (Å²) in [6.07, 6.45) is 7.04. The van der Waals surface area contributed by atoms with Crippen LogP contribution < -0.4 is 5.32 Å². The van der Waals surface area contributed by atoms with E-state index in [1.807, 2.05) is 20.2 Å². The van der Waals surface area contributed by atoms with E-state index in [2.05, 4.69) is 32.3 Å². The molecule has 102 valence electrons. The minimum absolute atomic E-state index is 0.121. The van der Waals surface area contributed by atoms with Crippen molar-refractivity contribution in [1.82, 2.24) is 30.0 Å². The Balaban J connectivity index is 2.15. The fourth-order valence-electron chi connectivity index (χ4n) is 1.87. The number of hydrogen-bond donors (Lipinski definition) is 1. The number of nitrogens with one attached hydrogen (secondary N) is 1. The maximum Gasteiger partial charge on any atom is 0.138 e. The first-order valence-corrected chi connectivity index (χ1v) is 6.55. The van der Waals surface area contributed by atoms with Crippen LogP contribution in [-0.2, 0) is 13.5 Å². The molecule has 2 aromatic rings. The van der Waals surface area contributed by atoms with Crippen LogP contribution in [0.2, 0.25) is 0 Å². The molecular formula is C13H20N6. The zero-order valence-corrected chi connectivity index (χ0v) is 11.7. The van der Waals surface area contributed by atoms with Gasteiger partial charge in [-0.3, -0.25) is 14.6 Å². The summed E-state index contributed by atoms with van der Waals surface area (Å²) in [5.74, 6) is 0.941. The smallest absolute Gasteiger partial charge is 0.138 e. The lowest BCUT2D eigenvalue weighted by Gasteiger charge is -2.17. The second kappa shape index (κ2) is 6.38. The zero-order chi connectivity index (χ0) is 13.7. The van der Waals surface area contributed by atoms with Gasteiger partial charge < -0.3 is 5.32 Å². The molecule has 1 unspecified atom stereocenters. The summed E-state index contributed by atoms with van der Waals surface area (Å²) in [6.45, 7) is 5.03. The highest BCUT2D eigenvalue weighted by Gasteiger charge is 2.16. The van der Waals surface area contributed by atoms with Crippen molar-refractivity contribution < 1.29 is 0 Å². The van der Waals surface area contributed by atoms with E-state index in [-0.39, 0.29) is 6.04 Å². The van der Waals surface area contributed by atoms with Crippen molar-refractivity contribution in [2.45, 2.75) is 32.7 Å². The van der Waals surface area contributed by atoms with Crippen LogP contribution in [-0.4, -0.2) is 31.3 Å². The van der Waals surface area contributed by atoms with Crippen LogP contribution >= 0.6 is 0 Å². The number of aryl methyl sites for hydroxylation is 2. The van der Waals surface area contributed by atoms with Gasteiger partial charge in [-0.05, 0) is 19.9 Å². The molecule has 6 heteroatoms. The molecule has 0 bridgehead atoms. The van der Waals surface area contributed by atoms with Gasteiger partial charge >= 0.3 is 0 Å². The van der Waals surface area contributed by atoms with E-state index in [1.165, 1.54) is 0 Å². The fraction of sp³-hybridized carbons (Fsp3) is 0.538. The monoisotopic (exact) mass is 260 g/mol. The predicted molar refractivity (Wildman–Crippen MR) is 72.5 cm³/mol. The molecule has 0 fully saturated rings. The fourth-order valence-corrected chi connectivity index (χ4v) is 1.87. The minimum Gasteiger partial charge on any atom is -0.308 e. The first-order chi connectivity index (χ1) is 9.20. The molecule has 0 amide bonds. The molecule has 0 radical (unpaired) electrons. The van der Waals surface area contributed by atoms with E-state index in [1.54, 1.807) is 17.2 Å². The lowest BCUT2D eigenvalue weighted by atomic mass is 10.1. The van der Waals surface area contributed by atoms with Crippen molar-refractivity contribution in [3.8, 4) is 0 Å². The van der Waals surface area contributed by atoms with Crippen LogP contribution in [0, 0.1) is 6.92 Å². The molecule has 0 aromatic carbocycles. The molecule has 1 N–H and O–H groups in total. The highest BCUT2D eigenvalue weighted by molar-refractivity contribution is 5.08. The molecule has 1 atom stereocenters. The van der Waals surface area contributed by atoms with Crippen LogP contribution in [0.5, 0.6) is 0 Å². The Morgan fingerprint density at radius 1 is 1.26 bits per heavy atom. The van der Waals surface area contributed by atoms with E-state index < -0.39 is 0 Å². The minimum atomic E-state index is 0.121. The Bertz CT molecular complexity index is 504. The van der Waals surface area contributed by atoms with Crippen LogP contribution in [0.15, 0.2) is 18.7 Å². The van der Waals surface area contributed by atoms with Gasteiger partial charge in [-0.1, -0.05) is 6.92 Å². The van der Waals surface area contributed by atoms with E-state index >= 15 is 0 Å². The lowest BCUT2D eigenvalue weighted by Crippen LogP contribution is -2.26. The van der Waals surface area contributed by atoms with Crippen molar-refractivity contribution in [2.24, 2.45) is 7.05 Å². The summed E-state index contributed by atoms with van der Waals surface area (Å²) in [4.78, 5) is 13.0. The summed E-state index contributed by atoms with van der Waals surface area (Å²) < 4.78 is 1.79. The highest BCUT2D eigenvalue weighted by Crippen LogP contribution is 2.14. The lowest BCUT2D eigenvalue weighted by molar-refractivity contribution is 0.495. The van der Waals surface area contributed by atoms with Gasteiger partial charge in [-0.15, -0.1) is 0 Å². The van der Waals surface area contributed by atoms with E-state index in [0.717, 1.165) is 36.6 Å². The topological polar surface area (TPSA) is 68.5 Å². The number of aromatic nitrogens is 5. The second-order valence-corrected chi connectivity index (χ2v) is 4.59. The van der Waals surface area contributed by atoms with Crippen molar-refractivity contribution >= 4 is 0 Å². The summed E-state index contributed by atoms with van der Waals surface area (Å²) in [5, 5.41) is 7.59. The number of hydrogen-bond acceptors (Lipinski definition) is 5. The maximum atomic E-state index is 4.46. The Morgan fingerprint density at radius 2 is 2.11 bits per heavy atom. The average Bonchev–Trinajstić information content (AvgIpc) is 2.81. The van der Waals surface area contributed by atoms with Crippen molar-refractivity contribution in [1.29, 1.82) is 0 Å². The van der Waals surface area contributed by atoms with E-state index in [9.17, 15) is 0 Å². The van der Waals surface area contributed by atoms with Gasteiger partial charge in [-0.2, -0.15) is 5.10 Å². The van der Waals surface area contributed by atoms with Crippen molar-refractivity contribution in [3.05, 3.63) is 35.9 Å². The summed E-state index contributed by atoms with van der Waals surface area (Å²) in [7, 11) is 1.90. The third-order valence-electron chi connectivity index (χ3n) is 2.99. The number of nitrogens with zero attached hydrogens (tertiary/aromatic N) is 5. The second-order valence-electron chi connectivity index (χ2n) is 4.59. The molecule has 2 aromatic heterocycles.